The molecule has 0 spiro atoms. The van der Waals surface area contributed by atoms with E-state index in [0.29, 0.717) is 24.4 Å². The molecule has 1 aromatic heterocycles. The molecule has 0 atom stereocenters. The highest BCUT2D eigenvalue weighted by Crippen LogP contribution is 2.30. The van der Waals surface area contributed by atoms with Gasteiger partial charge in [-0.1, -0.05) is 32.0 Å². The molecule has 0 unspecified atom stereocenters. The molecule has 210 valence electrons. The molecule has 0 bridgehead atoms. The van der Waals surface area contributed by atoms with Crippen molar-refractivity contribution in [3.05, 3.63) is 109 Å². The lowest BCUT2D eigenvalue weighted by Crippen LogP contribution is -2.31. The summed E-state index contributed by atoms with van der Waals surface area (Å²) in [5.74, 6) is -10.2. The van der Waals surface area contributed by atoms with E-state index >= 15 is 0 Å². The SMILES string of the molecule is CCc1cc2c(cc1CC)CC(NCCc1ccc(OCc3c(F)c(F)c(F)c(F)c3F)c3[nH]c(=O)ccc13)C2. The number of ether oxygens (including phenoxy) is 1. The van der Waals surface area contributed by atoms with Crippen molar-refractivity contribution in [2.75, 3.05) is 6.54 Å². The molecule has 40 heavy (non-hydrogen) atoms. The summed E-state index contributed by atoms with van der Waals surface area (Å²) >= 11 is 0. The normalized spacial score (nSPS) is 13.3. The highest BCUT2D eigenvalue weighted by atomic mass is 19.2. The van der Waals surface area contributed by atoms with Crippen molar-refractivity contribution in [2.45, 2.75) is 58.6 Å². The Balaban J connectivity index is 1.30. The van der Waals surface area contributed by atoms with E-state index in [0.717, 1.165) is 31.2 Å². The number of H-pyrrole nitrogens is 1. The van der Waals surface area contributed by atoms with E-state index in [1.165, 1.54) is 34.4 Å². The highest BCUT2D eigenvalue weighted by molar-refractivity contribution is 5.87. The van der Waals surface area contributed by atoms with Crippen molar-refractivity contribution in [3.63, 3.8) is 0 Å². The zero-order valence-corrected chi connectivity index (χ0v) is 22.2. The van der Waals surface area contributed by atoms with E-state index in [9.17, 15) is 26.7 Å². The molecular formula is C31H29F5N2O2. The quantitative estimate of drug-likeness (QED) is 0.146. The Hall–Kier alpha value is -3.72. The van der Waals surface area contributed by atoms with Crippen molar-refractivity contribution in [1.82, 2.24) is 10.3 Å². The maximum absolute atomic E-state index is 14.1. The Morgan fingerprint density at radius 1 is 0.825 bits per heavy atom. The maximum atomic E-state index is 14.1. The first kappa shape index (κ1) is 27.8. The molecule has 0 radical (unpaired) electrons. The number of rotatable bonds is 9. The van der Waals surface area contributed by atoms with Gasteiger partial charge >= 0.3 is 0 Å². The van der Waals surface area contributed by atoms with Crippen molar-refractivity contribution in [3.8, 4) is 5.75 Å². The summed E-state index contributed by atoms with van der Waals surface area (Å²) in [7, 11) is 0. The number of hydrogen-bond donors (Lipinski definition) is 2. The van der Waals surface area contributed by atoms with Gasteiger partial charge in [-0.15, -0.1) is 0 Å². The Morgan fingerprint density at radius 2 is 1.43 bits per heavy atom. The Kier molecular flexibility index (Phi) is 7.94. The molecule has 1 heterocycles. The van der Waals surface area contributed by atoms with Crippen LogP contribution in [0.1, 0.15) is 47.2 Å². The van der Waals surface area contributed by atoms with Gasteiger partial charge in [-0.25, -0.2) is 22.0 Å². The highest BCUT2D eigenvalue weighted by Gasteiger charge is 2.26. The van der Waals surface area contributed by atoms with Gasteiger partial charge in [-0.3, -0.25) is 4.79 Å². The summed E-state index contributed by atoms with van der Waals surface area (Å²) in [4.78, 5) is 14.7. The fourth-order valence-electron chi connectivity index (χ4n) is 5.54. The van der Waals surface area contributed by atoms with E-state index in [4.69, 9.17) is 4.74 Å². The van der Waals surface area contributed by atoms with E-state index in [1.54, 1.807) is 12.1 Å². The molecule has 5 rings (SSSR count). The van der Waals surface area contributed by atoms with E-state index in [1.807, 2.05) is 0 Å². The zero-order chi connectivity index (χ0) is 28.6. The van der Waals surface area contributed by atoms with Gasteiger partial charge < -0.3 is 15.0 Å². The lowest BCUT2D eigenvalue weighted by molar-refractivity contribution is 0.281. The number of fused-ring (bicyclic) bond motifs is 2. The lowest BCUT2D eigenvalue weighted by Gasteiger charge is -2.15. The van der Waals surface area contributed by atoms with Gasteiger partial charge in [0.05, 0.1) is 11.1 Å². The number of pyridine rings is 1. The van der Waals surface area contributed by atoms with Gasteiger partial charge in [0, 0.05) is 17.5 Å². The fraction of sp³-hybridized carbons (Fsp3) is 0.323. The van der Waals surface area contributed by atoms with Crippen LogP contribution in [0.15, 0.2) is 41.2 Å². The molecule has 0 amide bonds. The third-order valence-electron chi connectivity index (χ3n) is 7.66. The van der Waals surface area contributed by atoms with Gasteiger partial charge in [-0.2, -0.15) is 0 Å². The van der Waals surface area contributed by atoms with Gasteiger partial charge in [0.2, 0.25) is 11.4 Å². The molecule has 4 aromatic rings. The topological polar surface area (TPSA) is 54.1 Å². The van der Waals surface area contributed by atoms with Gasteiger partial charge in [-0.05, 0) is 78.6 Å². The third-order valence-corrected chi connectivity index (χ3v) is 7.66. The maximum Gasteiger partial charge on any atom is 0.248 e. The summed E-state index contributed by atoms with van der Waals surface area (Å²) in [6.07, 6.45) is 4.60. The van der Waals surface area contributed by atoms with Crippen molar-refractivity contribution in [2.24, 2.45) is 0 Å². The zero-order valence-electron chi connectivity index (χ0n) is 22.2. The number of aryl methyl sites for hydroxylation is 2. The second-order valence-corrected chi connectivity index (χ2v) is 10.1. The summed E-state index contributed by atoms with van der Waals surface area (Å²) in [6, 6.07) is 11.3. The van der Waals surface area contributed by atoms with Crippen molar-refractivity contribution < 1.29 is 26.7 Å². The van der Waals surface area contributed by atoms with Crippen LogP contribution in [0.5, 0.6) is 5.75 Å². The number of hydrogen-bond acceptors (Lipinski definition) is 3. The van der Waals surface area contributed by atoms with Crippen LogP contribution in [0.3, 0.4) is 0 Å². The predicted octanol–water partition coefficient (Wildman–Crippen LogP) is 6.23. The van der Waals surface area contributed by atoms with Crippen molar-refractivity contribution >= 4 is 10.9 Å². The van der Waals surface area contributed by atoms with Gasteiger partial charge in [0.25, 0.3) is 0 Å². The Labute approximate surface area is 228 Å². The largest absolute Gasteiger partial charge is 0.486 e. The van der Waals surface area contributed by atoms with Crippen LogP contribution in [0.4, 0.5) is 22.0 Å². The second-order valence-electron chi connectivity index (χ2n) is 10.1. The van der Waals surface area contributed by atoms with E-state index < -0.39 is 46.8 Å². The molecule has 0 saturated carbocycles. The molecular weight excluding hydrogens is 527 g/mol. The number of benzene rings is 3. The van der Waals surface area contributed by atoms with Crippen LogP contribution in [0.25, 0.3) is 10.9 Å². The van der Waals surface area contributed by atoms with Gasteiger partial charge in [0.1, 0.15) is 12.4 Å². The Morgan fingerprint density at radius 3 is 2.02 bits per heavy atom. The predicted molar refractivity (Wildman–Crippen MR) is 143 cm³/mol. The number of nitrogens with one attached hydrogen (secondary N) is 2. The first-order valence-electron chi connectivity index (χ1n) is 13.4. The molecule has 0 aliphatic heterocycles. The fourth-order valence-corrected chi connectivity index (χ4v) is 5.54. The molecule has 0 fully saturated rings. The van der Waals surface area contributed by atoms with Gasteiger partial charge in [0.15, 0.2) is 23.3 Å². The van der Waals surface area contributed by atoms with Crippen LogP contribution in [-0.2, 0) is 38.7 Å². The Bertz CT molecular complexity index is 1590. The third kappa shape index (κ3) is 5.22. The van der Waals surface area contributed by atoms with Crippen LogP contribution in [0.2, 0.25) is 0 Å². The minimum absolute atomic E-state index is 0.0537. The van der Waals surface area contributed by atoms with Crippen LogP contribution >= 0.6 is 0 Å². The van der Waals surface area contributed by atoms with Crippen molar-refractivity contribution in [1.29, 1.82) is 0 Å². The smallest absolute Gasteiger partial charge is 0.248 e. The number of aromatic amines is 1. The summed E-state index contributed by atoms with van der Waals surface area (Å²) in [5.41, 5.74) is 5.27. The average Bonchev–Trinajstić information content (AvgIpc) is 3.36. The summed E-state index contributed by atoms with van der Waals surface area (Å²) < 4.78 is 74.2. The lowest BCUT2D eigenvalue weighted by atomic mass is 9.97. The second kappa shape index (κ2) is 11.4. The summed E-state index contributed by atoms with van der Waals surface area (Å²) in [6.45, 7) is 4.12. The van der Waals surface area contributed by atoms with Crippen LogP contribution in [-0.4, -0.2) is 17.6 Å². The standard InChI is InChI=1S/C31H29F5N2O2/c1-3-16-11-19-13-21(14-20(19)12-17(16)4-2)37-10-9-18-5-7-24(31-22(18)6-8-25(39)38-31)40-15-23-26(32)28(34)30(36)29(35)27(23)33/h5-8,11-12,21,37H,3-4,9-10,13-15H2,1-2H3,(H,38,39). The first-order chi connectivity index (χ1) is 19.2. The van der Waals surface area contributed by atoms with Crippen LogP contribution in [0, 0.1) is 29.1 Å². The summed E-state index contributed by atoms with van der Waals surface area (Å²) in [5, 5.41) is 4.29. The minimum Gasteiger partial charge on any atom is -0.486 e. The monoisotopic (exact) mass is 556 g/mol. The van der Waals surface area contributed by atoms with E-state index in [2.05, 4.69) is 36.3 Å². The van der Waals surface area contributed by atoms with Crippen LogP contribution < -0.4 is 15.6 Å². The average molecular weight is 557 g/mol. The molecule has 4 nitrogen and oxygen atoms in total. The molecule has 1 aliphatic carbocycles. The minimum atomic E-state index is -2.23. The molecule has 3 aromatic carbocycles. The molecule has 9 heteroatoms. The molecule has 0 saturated heterocycles. The first-order valence-corrected chi connectivity index (χ1v) is 13.4. The number of halogens is 5. The molecule has 2 N–H and O–H groups in total. The molecule has 1 aliphatic rings. The number of aromatic nitrogens is 1. The van der Waals surface area contributed by atoms with E-state index in [-0.39, 0.29) is 11.3 Å².